The predicted octanol–water partition coefficient (Wildman–Crippen LogP) is 5.75. The van der Waals surface area contributed by atoms with E-state index in [9.17, 15) is 22.0 Å². The van der Waals surface area contributed by atoms with E-state index in [1.807, 2.05) is 0 Å². The second kappa shape index (κ2) is 7.78. The van der Waals surface area contributed by atoms with Crippen molar-refractivity contribution >= 4 is 11.4 Å². The third-order valence-electron chi connectivity index (χ3n) is 4.91. The number of rotatable bonds is 4. The molecular weight excluding hydrogens is 403 g/mol. The van der Waals surface area contributed by atoms with Gasteiger partial charge in [-0.2, -0.15) is 5.10 Å². The maximum Gasteiger partial charge on any atom is 0.187 e. The van der Waals surface area contributed by atoms with Gasteiger partial charge in [-0.3, -0.25) is 5.01 Å². The summed E-state index contributed by atoms with van der Waals surface area (Å²) in [6.45, 7) is 0. The highest BCUT2D eigenvalue weighted by Gasteiger charge is 2.35. The maximum absolute atomic E-state index is 14.5. The average Bonchev–Trinajstić information content (AvgIpc) is 3.18. The molecule has 30 heavy (non-hydrogen) atoms. The van der Waals surface area contributed by atoms with Crippen LogP contribution in [0.1, 0.15) is 23.6 Å². The summed E-state index contributed by atoms with van der Waals surface area (Å²) in [5.41, 5.74) is 0.621. The van der Waals surface area contributed by atoms with Crippen molar-refractivity contribution < 1.29 is 26.7 Å². The zero-order chi connectivity index (χ0) is 21.4. The summed E-state index contributed by atoms with van der Waals surface area (Å²) in [4.78, 5) is 0. The highest BCUT2D eigenvalue weighted by atomic mass is 19.2. The fraction of sp³-hybridized carbons (Fsp3) is 0.136. The smallest absolute Gasteiger partial charge is 0.187 e. The van der Waals surface area contributed by atoms with Crippen LogP contribution in [-0.4, -0.2) is 12.8 Å². The molecule has 0 bridgehead atoms. The van der Waals surface area contributed by atoms with Crippen LogP contribution in [0.15, 0.2) is 59.7 Å². The third-order valence-corrected chi connectivity index (χ3v) is 4.91. The number of methoxy groups -OCH3 is 1. The van der Waals surface area contributed by atoms with Gasteiger partial charge in [-0.15, -0.1) is 0 Å². The molecule has 4 rings (SSSR count). The van der Waals surface area contributed by atoms with Crippen LogP contribution >= 0.6 is 0 Å². The molecule has 0 amide bonds. The van der Waals surface area contributed by atoms with Gasteiger partial charge in [-0.05, 0) is 47.5 Å². The lowest BCUT2D eigenvalue weighted by Gasteiger charge is -2.25. The maximum atomic E-state index is 14.5. The molecule has 1 aliphatic heterocycles. The summed E-state index contributed by atoms with van der Waals surface area (Å²) in [6, 6.07) is 11.4. The number of halogens is 5. The minimum atomic E-state index is -1.55. The van der Waals surface area contributed by atoms with Crippen molar-refractivity contribution in [2.75, 3.05) is 12.1 Å². The SMILES string of the molecule is COc1ccc(C2=NN(c3c(F)c(F)cc(F)c3F)[C@@H](c3ccc(F)cc3)C2)cc1. The summed E-state index contributed by atoms with van der Waals surface area (Å²) in [5, 5.41) is 5.18. The molecular formula is C22H15F5N2O. The average molecular weight is 418 g/mol. The summed E-state index contributed by atoms with van der Waals surface area (Å²) in [6.07, 6.45) is 0.176. The Morgan fingerprint density at radius 1 is 0.867 bits per heavy atom. The second-order valence-corrected chi connectivity index (χ2v) is 6.71. The lowest BCUT2D eigenvalue weighted by Crippen LogP contribution is -2.22. The molecule has 0 saturated carbocycles. The first kappa shape index (κ1) is 19.9. The van der Waals surface area contributed by atoms with Crippen LogP contribution < -0.4 is 9.75 Å². The number of nitrogens with zero attached hydrogens (tertiary/aromatic N) is 2. The Morgan fingerprint density at radius 3 is 2.03 bits per heavy atom. The first-order chi connectivity index (χ1) is 14.4. The van der Waals surface area contributed by atoms with Crippen LogP contribution in [0.5, 0.6) is 5.75 Å². The molecule has 8 heteroatoms. The van der Waals surface area contributed by atoms with Gasteiger partial charge in [0, 0.05) is 12.5 Å². The number of hydrogen-bond acceptors (Lipinski definition) is 3. The van der Waals surface area contributed by atoms with Gasteiger partial charge in [-0.1, -0.05) is 12.1 Å². The van der Waals surface area contributed by atoms with E-state index in [1.165, 1.54) is 31.4 Å². The second-order valence-electron chi connectivity index (χ2n) is 6.71. The van der Waals surface area contributed by atoms with Crippen molar-refractivity contribution in [2.45, 2.75) is 12.5 Å². The van der Waals surface area contributed by atoms with E-state index >= 15 is 0 Å². The van der Waals surface area contributed by atoms with Gasteiger partial charge in [0.1, 0.15) is 17.3 Å². The van der Waals surface area contributed by atoms with E-state index in [1.54, 1.807) is 24.3 Å². The van der Waals surface area contributed by atoms with Crippen molar-refractivity contribution in [1.29, 1.82) is 0 Å². The molecule has 0 aromatic heterocycles. The van der Waals surface area contributed by atoms with Crippen LogP contribution in [0.25, 0.3) is 0 Å². The zero-order valence-corrected chi connectivity index (χ0v) is 15.7. The van der Waals surface area contributed by atoms with Gasteiger partial charge in [0.05, 0.1) is 18.9 Å². The molecule has 0 unspecified atom stereocenters. The van der Waals surface area contributed by atoms with Gasteiger partial charge in [0.25, 0.3) is 0 Å². The molecule has 3 aromatic rings. The van der Waals surface area contributed by atoms with Crippen LogP contribution in [0.3, 0.4) is 0 Å². The van der Waals surface area contributed by atoms with Crippen LogP contribution in [0.4, 0.5) is 27.6 Å². The molecule has 3 nitrogen and oxygen atoms in total. The molecule has 154 valence electrons. The Labute approximate surface area is 169 Å². The monoisotopic (exact) mass is 418 g/mol. The molecule has 0 aliphatic carbocycles. The molecule has 1 atom stereocenters. The largest absolute Gasteiger partial charge is 0.497 e. The fourth-order valence-corrected chi connectivity index (χ4v) is 3.38. The third kappa shape index (κ3) is 3.49. The van der Waals surface area contributed by atoms with E-state index in [0.717, 1.165) is 5.01 Å². The molecule has 0 N–H and O–H groups in total. The van der Waals surface area contributed by atoms with Gasteiger partial charge in [0.2, 0.25) is 0 Å². The number of benzene rings is 3. The molecule has 3 aromatic carbocycles. The Balaban J connectivity index is 1.84. The Bertz CT molecular complexity index is 1090. The Morgan fingerprint density at radius 2 is 1.47 bits per heavy atom. The van der Waals surface area contributed by atoms with E-state index in [4.69, 9.17) is 4.74 Å². The van der Waals surface area contributed by atoms with Crippen LogP contribution in [-0.2, 0) is 0 Å². The normalized spacial score (nSPS) is 16.0. The zero-order valence-electron chi connectivity index (χ0n) is 15.7. The van der Waals surface area contributed by atoms with Gasteiger partial charge in [-0.25, -0.2) is 22.0 Å². The van der Waals surface area contributed by atoms with Crippen molar-refractivity contribution in [2.24, 2.45) is 5.10 Å². The lowest BCUT2D eigenvalue weighted by molar-refractivity contribution is 0.415. The molecule has 0 spiro atoms. The molecule has 1 aliphatic rings. The van der Waals surface area contributed by atoms with E-state index in [0.29, 0.717) is 22.6 Å². The summed E-state index contributed by atoms with van der Waals surface area (Å²) in [7, 11) is 1.51. The fourth-order valence-electron chi connectivity index (χ4n) is 3.38. The molecule has 0 radical (unpaired) electrons. The van der Waals surface area contributed by atoms with E-state index in [-0.39, 0.29) is 12.5 Å². The Kier molecular flexibility index (Phi) is 5.15. The minimum Gasteiger partial charge on any atom is -0.497 e. The first-order valence-electron chi connectivity index (χ1n) is 8.98. The molecule has 0 saturated heterocycles. The van der Waals surface area contributed by atoms with Gasteiger partial charge >= 0.3 is 0 Å². The van der Waals surface area contributed by atoms with Crippen molar-refractivity contribution in [3.63, 3.8) is 0 Å². The molecule has 0 fully saturated rings. The van der Waals surface area contributed by atoms with Crippen molar-refractivity contribution in [3.05, 3.63) is 94.8 Å². The number of hydrazone groups is 1. The molecule has 1 heterocycles. The van der Waals surface area contributed by atoms with E-state index < -0.39 is 40.8 Å². The summed E-state index contributed by atoms with van der Waals surface area (Å²) >= 11 is 0. The minimum absolute atomic E-state index is 0.144. The quantitative estimate of drug-likeness (QED) is 0.398. The lowest BCUT2D eigenvalue weighted by atomic mass is 9.98. The first-order valence-corrected chi connectivity index (χ1v) is 8.98. The number of hydrogen-bond donors (Lipinski definition) is 0. The van der Waals surface area contributed by atoms with E-state index in [2.05, 4.69) is 5.10 Å². The summed E-state index contributed by atoms with van der Waals surface area (Å²) < 4.78 is 75.2. The standard InChI is InChI=1S/C22H15F5N2O/c1-30-15-8-4-12(5-9-15)18-11-19(13-2-6-14(23)7-3-13)29(28-18)22-20(26)16(24)10-17(25)21(22)27/h2-10,19H,11H2,1H3/t19-/m1/s1. The van der Waals surface area contributed by atoms with Gasteiger partial charge < -0.3 is 4.74 Å². The van der Waals surface area contributed by atoms with Crippen LogP contribution in [0, 0.1) is 29.1 Å². The van der Waals surface area contributed by atoms with Crippen LogP contribution in [0.2, 0.25) is 0 Å². The van der Waals surface area contributed by atoms with Gasteiger partial charge in [0.15, 0.2) is 23.3 Å². The summed E-state index contributed by atoms with van der Waals surface area (Å²) in [5.74, 6) is -6.06. The predicted molar refractivity (Wildman–Crippen MR) is 102 cm³/mol. The number of anilines is 1. The number of ether oxygens (including phenoxy) is 1. The highest BCUT2D eigenvalue weighted by molar-refractivity contribution is 6.03. The highest BCUT2D eigenvalue weighted by Crippen LogP contribution is 2.40. The topological polar surface area (TPSA) is 24.8 Å². The Hall–Kier alpha value is -3.42. The van der Waals surface area contributed by atoms with Crippen molar-refractivity contribution in [1.82, 2.24) is 0 Å². The van der Waals surface area contributed by atoms with Crippen molar-refractivity contribution in [3.8, 4) is 5.75 Å².